The molecule has 5 nitrogen and oxygen atoms in total. The highest BCUT2D eigenvalue weighted by atomic mass is 16.5. The summed E-state index contributed by atoms with van der Waals surface area (Å²) in [6, 6.07) is 0.358. The fraction of sp³-hybridized carbons (Fsp3) is 0.769. The molecule has 1 aliphatic heterocycles. The van der Waals surface area contributed by atoms with Gasteiger partial charge in [-0.25, -0.2) is 4.98 Å². The van der Waals surface area contributed by atoms with E-state index < -0.39 is 0 Å². The lowest BCUT2D eigenvalue weighted by molar-refractivity contribution is 0.00729. The zero-order valence-electron chi connectivity index (χ0n) is 11.5. The fourth-order valence-corrected chi connectivity index (χ4v) is 2.51. The maximum absolute atomic E-state index is 5.85. The highest BCUT2D eigenvalue weighted by Gasteiger charge is 2.28. The second-order valence-electron chi connectivity index (χ2n) is 4.99. The van der Waals surface area contributed by atoms with E-state index in [1.165, 1.54) is 0 Å². The van der Waals surface area contributed by atoms with Crippen LogP contribution in [0.3, 0.4) is 0 Å². The number of methoxy groups -OCH3 is 1. The first-order valence-electron chi connectivity index (χ1n) is 6.53. The first kappa shape index (κ1) is 13.5. The quantitative estimate of drug-likeness (QED) is 0.874. The summed E-state index contributed by atoms with van der Waals surface area (Å²) < 4.78 is 11.1. The Morgan fingerprint density at radius 3 is 2.83 bits per heavy atom. The normalized spacial score (nSPS) is 25.6. The van der Waals surface area contributed by atoms with Crippen molar-refractivity contribution in [2.45, 2.75) is 45.4 Å². The summed E-state index contributed by atoms with van der Waals surface area (Å²) in [6.07, 6.45) is 2.37. The molecule has 0 saturated carbocycles. The molecule has 0 bridgehead atoms. The summed E-state index contributed by atoms with van der Waals surface area (Å²) in [6.45, 7) is 6.30. The van der Waals surface area contributed by atoms with Gasteiger partial charge in [-0.1, -0.05) is 0 Å². The smallest absolute Gasteiger partial charge is 0.208 e. The van der Waals surface area contributed by atoms with Gasteiger partial charge in [-0.05, 0) is 26.7 Å². The van der Waals surface area contributed by atoms with Crippen LogP contribution in [-0.4, -0.2) is 42.2 Å². The second kappa shape index (κ2) is 5.82. The van der Waals surface area contributed by atoms with Gasteiger partial charge in [0, 0.05) is 26.2 Å². The van der Waals surface area contributed by atoms with Gasteiger partial charge in [-0.2, -0.15) is 0 Å². The maximum atomic E-state index is 5.85. The van der Waals surface area contributed by atoms with Gasteiger partial charge < -0.3 is 14.9 Å². The van der Waals surface area contributed by atoms with Gasteiger partial charge in [0.25, 0.3) is 0 Å². The Labute approximate surface area is 108 Å². The molecule has 1 aliphatic rings. The van der Waals surface area contributed by atoms with Crippen LogP contribution in [0, 0.1) is 13.8 Å². The third-order valence-electron chi connectivity index (χ3n) is 3.81. The Hall–Kier alpha value is -0.910. The van der Waals surface area contributed by atoms with E-state index in [-0.39, 0.29) is 0 Å². The number of likely N-dealkylation sites (tertiary alicyclic amines) is 1. The third-order valence-corrected chi connectivity index (χ3v) is 3.81. The summed E-state index contributed by atoms with van der Waals surface area (Å²) in [5.41, 5.74) is 6.82. The Bertz CT molecular complexity index is 372. The van der Waals surface area contributed by atoms with Crippen LogP contribution in [0.25, 0.3) is 0 Å². The van der Waals surface area contributed by atoms with Crippen molar-refractivity contribution < 1.29 is 9.15 Å². The highest BCUT2D eigenvalue weighted by molar-refractivity contribution is 5.05. The van der Waals surface area contributed by atoms with Crippen LogP contribution in [0.15, 0.2) is 4.42 Å². The molecule has 102 valence electrons. The molecule has 18 heavy (non-hydrogen) atoms. The van der Waals surface area contributed by atoms with Crippen molar-refractivity contribution in [3.8, 4) is 0 Å². The summed E-state index contributed by atoms with van der Waals surface area (Å²) in [4.78, 5) is 6.78. The second-order valence-corrected chi connectivity index (χ2v) is 4.99. The molecule has 1 fully saturated rings. The van der Waals surface area contributed by atoms with Gasteiger partial charge >= 0.3 is 0 Å². The SMILES string of the molecule is COC1CCN(Cc2nc(C)c(C)o2)C(CN)C1. The van der Waals surface area contributed by atoms with Crippen molar-refractivity contribution in [1.82, 2.24) is 9.88 Å². The van der Waals surface area contributed by atoms with E-state index >= 15 is 0 Å². The molecule has 1 aromatic rings. The summed E-state index contributed by atoms with van der Waals surface area (Å²) in [7, 11) is 1.77. The summed E-state index contributed by atoms with van der Waals surface area (Å²) in [5.74, 6) is 1.69. The number of nitrogens with zero attached hydrogens (tertiary/aromatic N) is 2. The minimum Gasteiger partial charge on any atom is -0.444 e. The molecule has 0 spiro atoms. The Balaban J connectivity index is 1.99. The molecule has 0 radical (unpaired) electrons. The average molecular weight is 253 g/mol. The number of piperidine rings is 1. The number of aryl methyl sites for hydroxylation is 2. The van der Waals surface area contributed by atoms with E-state index in [2.05, 4.69) is 9.88 Å². The van der Waals surface area contributed by atoms with E-state index in [9.17, 15) is 0 Å². The van der Waals surface area contributed by atoms with Crippen LogP contribution < -0.4 is 5.73 Å². The minimum atomic E-state index is 0.336. The predicted molar refractivity (Wildman–Crippen MR) is 69.3 cm³/mol. The number of hydrogen-bond donors (Lipinski definition) is 1. The molecule has 1 aromatic heterocycles. The lowest BCUT2D eigenvalue weighted by Gasteiger charge is -2.37. The maximum Gasteiger partial charge on any atom is 0.208 e. The van der Waals surface area contributed by atoms with E-state index in [1.54, 1.807) is 7.11 Å². The lowest BCUT2D eigenvalue weighted by atomic mass is 9.99. The van der Waals surface area contributed by atoms with Gasteiger partial charge in [0.15, 0.2) is 0 Å². The molecule has 2 unspecified atom stereocenters. The van der Waals surface area contributed by atoms with E-state index in [0.29, 0.717) is 18.7 Å². The number of rotatable bonds is 4. The van der Waals surface area contributed by atoms with Gasteiger partial charge in [-0.3, -0.25) is 4.90 Å². The Morgan fingerprint density at radius 1 is 1.50 bits per heavy atom. The Kier molecular flexibility index (Phi) is 4.37. The number of aromatic nitrogens is 1. The molecular weight excluding hydrogens is 230 g/mol. The monoisotopic (exact) mass is 253 g/mol. The molecule has 2 rings (SSSR count). The molecule has 2 atom stereocenters. The lowest BCUT2D eigenvalue weighted by Crippen LogP contribution is -2.48. The molecule has 0 aliphatic carbocycles. The van der Waals surface area contributed by atoms with Crippen molar-refractivity contribution in [3.05, 3.63) is 17.3 Å². The molecule has 5 heteroatoms. The third kappa shape index (κ3) is 2.91. The number of hydrogen-bond acceptors (Lipinski definition) is 5. The van der Waals surface area contributed by atoms with Gasteiger partial charge in [0.1, 0.15) is 5.76 Å². The van der Waals surface area contributed by atoms with Crippen molar-refractivity contribution >= 4 is 0 Å². The first-order chi connectivity index (χ1) is 8.63. The molecule has 2 heterocycles. The zero-order valence-corrected chi connectivity index (χ0v) is 11.5. The topological polar surface area (TPSA) is 64.5 Å². The van der Waals surface area contributed by atoms with Crippen molar-refractivity contribution in [2.24, 2.45) is 5.73 Å². The van der Waals surface area contributed by atoms with Gasteiger partial charge in [0.05, 0.1) is 18.3 Å². The minimum absolute atomic E-state index is 0.336. The molecular formula is C13H23N3O2. The van der Waals surface area contributed by atoms with Gasteiger partial charge in [0.2, 0.25) is 5.89 Å². The van der Waals surface area contributed by atoms with Crippen LogP contribution in [-0.2, 0) is 11.3 Å². The highest BCUT2D eigenvalue weighted by Crippen LogP contribution is 2.21. The summed E-state index contributed by atoms with van der Waals surface area (Å²) >= 11 is 0. The van der Waals surface area contributed by atoms with Crippen LogP contribution >= 0.6 is 0 Å². The van der Waals surface area contributed by atoms with E-state index in [0.717, 1.165) is 43.3 Å². The largest absolute Gasteiger partial charge is 0.444 e. The molecule has 0 amide bonds. The number of oxazole rings is 1. The Morgan fingerprint density at radius 2 is 2.28 bits per heavy atom. The van der Waals surface area contributed by atoms with Crippen LogP contribution in [0.2, 0.25) is 0 Å². The van der Waals surface area contributed by atoms with Gasteiger partial charge in [-0.15, -0.1) is 0 Å². The predicted octanol–water partition coefficient (Wildman–Crippen LogP) is 1.23. The van der Waals surface area contributed by atoms with Crippen LogP contribution in [0.5, 0.6) is 0 Å². The van der Waals surface area contributed by atoms with E-state index in [1.807, 2.05) is 13.8 Å². The van der Waals surface area contributed by atoms with Crippen molar-refractivity contribution in [1.29, 1.82) is 0 Å². The molecule has 1 saturated heterocycles. The van der Waals surface area contributed by atoms with Crippen LogP contribution in [0.1, 0.15) is 30.2 Å². The van der Waals surface area contributed by atoms with E-state index in [4.69, 9.17) is 14.9 Å². The number of nitrogens with two attached hydrogens (primary N) is 1. The van der Waals surface area contributed by atoms with Crippen LogP contribution in [0.4, 0.5) is 0 Å². The van der Waals surface area contributed by atoms with Crippen molar-refractivity contribution in [2.75, 3.05) is 20.2 Å². The first-order valence-corrected chi connectivity index (χ1v) is 6.53. The molecule has 2 N–H and O–H groups in total. The van der Waals surface area contributed by atoms with Crippen molar-refractivity contribution in [3.63, 3.8) is 0 Å². The fourth-order valence-electron chi connectivity index (χ4n) is 2.51. The molecule has 0 aromatic carbocycles. The standard InChI is InChI=1S/C13H23N3O2/c1-9-10(2)18-13(15-9)8-16-5-4-12(17-3)6-11(16)7-14/h11-12H,4-8,14H2,1-3H3. The summed E-state index contributed by atoms with van der Waals surface area (Å²) in [5, 5.41) is 0. The zero-order chi connectivity index (χ0) is 13.1. The average Bonchev–Trinajstić information content (AvgIpc) is 2.69. The number of ether oxygens (including phenoxy) is 1.